The van der Waals surface area contributed by atoms with Crippen LogP contribution < -0.4 is 5.32 Å². The summed E-state index contributed by atoms with van der Waals surface area (Å²) in [6, 6.07) is 8.57. The van der Waals surface area contributed by atoms with Crippen LogP contribution in [-0.2, 0) is 9.84 Å². The summed E-state index contributed by atoms with van der Waals surface area (Å²) in [6.07, 6.45) is 2.29. The van der Waals surface area contributed by atoms with Crippen molar-refractivity contribution < 1.29 is 13.2 Å². The maximum Gasteiger partial charge on any atom is 0.256 e. The predicted octanol–water partition coefficient (Wildman–Crippen LogP) is 3.65. The molecule has 2 heterocycles. The van der Waals surface area contributed by atoms with Crippen molar-refractivity contribution in [2.24, 2.45) is 0 Å². The van der Waals surface area contributed by atoms with E-state index in [0.717, 1.165) is 13.0 Å². The molecule has 140 valence electrons. The topological polar surface area (TPSA) is 66.5 Å². The molecule has 1 unspecified atom stereocenters. The lowest BCUT2D eigenvalue weighted by atomic mass is 10.0. The van der Waals surface area contributed by atoms with Crippen LogP contribution in [0.1, 0.15) is 36.5 Å². The number of piperidine rings is 1. The average Bonchev–Trinajstić information content (AvgIpc) is 3.17. The van der Waals surface area contributed by atoms with Gasteiger partial charge in [0.1, 0.15) is 0 Å². The lowest BCUT2D eigenvalue weighted by Crippen LogP contribution is -2.44. The Morgan fingerprint density at radius 3 is 2.62 bits per heavy atom. The molecule has 2 atom stereocenters. The first-order valence-corrected chi connectivity index (χ1v) is 11.3. The Balaban J connectivity index is 1.72. The summed E-state index contributed by atoms with van der Waals surface area (Å²) in [7, 11) is -1.30. The molecule has 1 N–H and O–H groups in total. The molecule has 0 bridgehead atoms. The highest BCUT2D eigenvalue weighted by Crippen LogP contribution is 2.29. The van der Waals surface area contributed by atoms with E-state index in [1.165, 1.54) is 11.3 Å². The Kier molecular flexibility index (Phi) is 5.79. The van der Waals surface area contributed by atoms with Crippen LogP contribution in [0, 0.1) is 0 Å². The highest BCUT2D eigenvalue weighted by molar-refractivity contribution is 7.92. The maximum atomic E-state index is 13.0. The molecule has 3 rings (SSSR count). The van der Waals surface area contributed by atoms with E-state index >= 15 is 0 Å². The van der Waals surface area contributed by atoms with Crippen LogP contribution in [0.3, 0.4) is 0 Å². The van der Waals surface area contributed by atoms with Crippen molar-refractivity contribution in [3.05, 3.63) is 46.7 Å². The monoisotopic (exact) mass is 392 g/mol. The lowest BCUT2D eigenvalue weighted by molar-refractivity contribution is 0.102. The fourth-order valence-corrected chi connectivity index (χ4v) is 5.84. The molecule has 26 heavy (non-hydrogen) atoms. The van der Waals surface area contributed by atoms with Crippen LogP contribution in [0.4, 0.5) is 5.69 Å². The van der Waals surface area contributed by atoms with Gasteiger partial charge in [-0.15, -0.1) is 0 Å². The van der Waals surface area contributed by atoms with Crippen molar-refractivity contribution in [2.45, 2.75) is 42.4 Å². The minimum absolute atomic E-state index is 0.192. The van der Waals surface area contributed by atoms with Crippen LogP contribution >= 0.6 is 11.3 Å². The van der Waals surface area contributed by atoms with E-state index in [4.69, 9.17) is 0 Å². The molecule has 2 aromatic rings. The number of anilines is 1. The van der Waals surface area contributed by atoms with Gasteiger partial charge in [0.2, 0.25) is 0 Å². The molecule has 1 fully saturated rings. The van der Waals surface area contributed by atoms with Gasteiger partial charge in [-0.3, -0.25) is 4.79 Å². The first-order valence-electron chi connectivity index (χ1n) is 8.79. The van der Waals surface area contributed by atoms with E-state index in [-0.39, 0.29) is 11.2 Å². The number of likely N-dealkylation sites (tertiary alicyclic amines) is 1. The van der Waals surface area contributed by atoms with Crippen molar-refractivity contribution in [3.8, 4) is 0 Å². The summed E-state index contributed by atoms with van der Waals surface area (Å²) in [5, 5.41) is 6.07. The maximum absolute atomic E-state index is 13.0. The van der Waals surface area contributed by atoms with Gasteiger partial charge in [-0.05, 0) is 68.6 Å². The molecular formula is C19H24N2O3S2. The second-order valence-corrected chi connectivity index (χ2v) is 9.73. The zero-order valence-corrected chi connectivity index (χ0v) is 16.6. The number of hydrogen-bond acceptors (Lipinski definition) is 5. The number of hydrogen-bond donors (Lipinski definition) is 1. The second kappa shape index (κ2) is 7.90. The van der Waals surface area contributed by atoms with E-state index < -0.39 is 9.84 Å². The third-order valence-corrected chi connectivity index (χ3v) is 8.01. The number of carbonyl (C=O) groups excluding carboxylic acids is 1. The first kappa shape index (κ1) is 19.1. The molecule has 0 aliphatic carbocycles. The smallest absolute Gasteiger partial charge is 0.256 e. The Morgan fingerprint density at radius 1 is 1.27 bits per heavy atom. The van der Waals surface area contributed by atoms with Crippen LogP contribution in [0.2, 0.25) is 0 Å². The fraction of sp³-hybridized carbons (Fsp3) is 0.421. The molecule has 0 spiro atoms. The number of thiophene rings is 1. The number of rotatable bonds is 5. The van der Waals surface area contributed by atoms with Crippen LogP contribution in [0.15, 0.2) is 46.0 Å². The number of sulfone groups is 1. The molecule has 1 aliphatic heterocycles. The Morgan fingerprint density at radius 2 is 2.00 bits per heavy atom. The SMILES string of the molecule is CC[C@H]1CC(S(=O)(=O)c2ccc(NC(=O)c3ccsc3)cc2)CCN1C. The number of benzene rings is 1. The number of carbonyl (C=O) groups is 1. The minimum atomic E-state index is -3.35. The summed E-state index contributed by atoms with van der Waals surface area (Å²) in [5.74, 6) is -0.192. The van der Waals surface area contributed by atoms with Gasteiger partial charge < -0.3 is 10.2 Å². The number of nitrogens with zero attached hydrogens (tertiary/aromatic N) is 1. The normalized spacial score (nSPS) is 21.5. The zero-order valence-electron chi connectivity index (χ0n) is 15.0. The molecule has 0 saturated carbocycles. The summed E-state index contributed by atoms with van der Waals surface area (Å²) in [5.41, 5.74) is 1.19. The molecule has 0 radical (unpaired) electrons. The van der Waals surface area contributed by atoms with Gasteiger partial charge in [0.25, 0.3) is 5.91 Å². The second-order valence-electron chi connectivity index (χ2n) is 6.72. The van der Waals surface area contributed by atoms with Gasteiger partial charge in [0.05, 0.1) is 15.7 Å². The van der Waals surface area contributed by atoms with Gasteiger partial charge in [-0.2, -0.15) is 11.3 Å². The Bertz CT molecular complexity index is 845. The highest BCUT2D eigenvalue weighted by atomic mass is 32.2. The van der Waals surface area contributed by atoms with E-state index in [1.54, 1.807) is 35.7 Å². The molecule has 1 aromatic heterocycles. The largest absolute Gasteiger partial charge is 0.322 e. The molecule has 5 nitrogen and oxygen atoms in total. The van der Waals surface area contributed by atoms with Gasteiger partial charge in [0, 0.05) is 17.1 Å². The van der Waals surface area contributed by atoms with E-state index in [1.807, 2.05) is 5.38 Å². The van der Waals surface area contributed by atoms with Gasteiger partial charge in [-0.1, -0.05) is 6.92 Å². The standard InChI is InChI=1S/C19H24N2O3S2/c1-3-16-12-18(8-10-21(16)2)26(23,24)17-6-4-15(5-7-17)20-19(22)14-9-11-25-13-14/h4-7,9,11,13,16,18H,3,8,10,12H2,1-2H3,(H,20,22)/t16-,18?/m0/s1. The molecule has 7 heteroatoms. The molecule has 1 aromatic carbocycles. The van der Waals surface area contributed by atoms with Gasteiger partial charge in [-0.25, -0.2) is 8.42 Å². The summed E-state index contributed by atoms with van der Waals surface area (Å²) in [6.45, 7) is 2.90. The third kappa shape index (κ3) is 4.00. The van der Waals surface area contributed by atoms with Crippen molar-refractivity contribution >= 4 is 32.8 Å². The fourth-order valence-electron chi connectivity index (χ4n) is 3.41. The van der Waals surface area contributed by atoms with E-state index in [2.05, 4.69) is 24.2 Å². The van der Waals surface area contributed by atoms with Crippen molar-refractivity contribution in [1.82, 2.24) is 4.90 Å². The summed E-state index contributed by atoms with van der Waals surface area (Å²) < 4.78 is 25.9. The zero-order chi connectivity index (χ0) is 18.7. The first-order chi connectivity index (χ1) is 12.4. The lowest BCUT2D eigenvalue weighted by Gasteiger charge is -2.36. The Hall–Kier alpha value is -1.70. The highest BCUT2D eigenvalue weighted by Gasteiger charge is 2.34. The van der Waals surface area contributed by atoms with Crippen molar-refractivity contribution in [2.75, 3.05) is 18.9 Å². The van der Waals surface area contributed by atoms with Crippen LogP contribution in [0.25, 0.3) is 0 Å². The average molecular weight is 393 g/mol. The van der Waals surface area contributed by atoms with Crippen molar-refractivity contribution in [1.29, 1.82) is 0 Å². The number of nitrogens with one attached hydrogen (secondary N) is 1. The third-order valence-electron chi connectivity index (χ3n) is 5.10. The van der Waals surface area contributed by atoms with Gasteiger partial charge >= 0.3 is 0 Å². The molecule has 1 saturated heterocycles. The minimum Gasteiger partial charge on any atom is -0.322 e. The molecular weight excluding hydrogens is 368 g/mol. The van der Waals surface area contributed by atoms with Crippen molar-refractivity contribution in [3.63, 3.8) is 0 Å². The Labute approximate surface area is 159 Å². The summed E-state index contributed by atoms with van der Waals surface area (Å²) in [4.78, 5) is 14.7. The molecule has 1 aliphatic rings. The van der Waals surface area contributed by atoms with E-state index in [0.29, 0.717) is 35.0 Å². The predicted molar refractivity (Wildman–Crippen MR) is 106 cm³/mol. The van der Waals surface area contributed by atoms with Crippen LogP contribution in [-0.4, -0.2) is 44.1 Å². The number of amides is 1. The quantitative estimate of drug-likeness (QED) is 0.843. The summed E-state index contributed by atoms with van der Waals surface area (Å²) >= 11 is 1.46. The molecule has 1 amide bonds. The van der Waals surface area contributed by atoms with Crippen LogP contribution in [0.5, 0.6) is 0 Å². The van der Waals surface area contributed by atoms with E-state index in [9.17, 15) is 13.2 Å². The van der Waals surface area contributed by atoms with Gasteiger partial charge in [0.15, 0.2) is 9.84 Å².